The fourth-order valence-corrected chi connectivity index (χ4v) is 1.01. The third-order valence-electron chi connectivity index (χ3n) is 1.72. The van der Waals surface area contributed by atoms with Crippen LogP contribution in [0.3, 0.4) is 0 Å². The molecule has 0 aromatic heterocycles. The molecule has 1 fully saturated rings. The van der Waals surface area contributed by atoms with Crippen LogP contribution in [0.4, 0.5) is 0 Å². The Morgan fingerprint density at radius 3 is 2.11 bits per heavy atom. The van der Waals surface area contributed by atoms with Crippen molar-refractivity contribution in [1.29, 1.82) is 0 Å². The van der Waals surface area contributed by atoms with Gasteiger partial charge in [-0.25, -0.2) is 0 Å². The van der Waals surface area contributed by atoms with Gasteiger partial charge in [0, 0.05) is 0 Å². The van der Waals surface area contributed by atoms with Crippen molar-refractivity contribution in [2.75, 3.05) is 20.1 Å². The van der Waals surface area contributed by atoms with Gasteiger partial charge in [-0.2, -0.15) is 0 Å². The number of hydrogen-bond acceptors (Lipinski definition) is 1. The molecule has 1 rings (SSSR count). The van der Waals surface area contributed by atoms with Crippen molar-refractivity contribution in [3.63, 3.8) is 0 Å². The summed E-state index contributed by atoms with van der Waals surface area (Å²) in [6.45, 7) is 2.24. The smallest absolute Gasteiger partial charge is 0.675 e. The van der Waals surface area contributed by atoms with Crippen LogP contribution in [0.2, 0.25) is 0 Å². The third-order valence-corrected chi connectivity index (χ3v) is 1.72. The summed E-state index contributed by atoms with van der Waals surface area (Å²) >= 11 is 0. The number of piperidine rings is 1. The fraction of sp³-hybridized carbons (Fsp3) is 1.00. The molecule has 1 aliphatic rings. The van der Waals surface area contributed by atoms with Gasteiger partial charge in [0.2, 0.25) is 0 Å². The fourth-order valence-electron chi connectivity index (χ4n) is 1.01. The van der Waals surface area contributed by atoms with E-state index in [1.807, 2.05) is 0 Å². The third kappa shape index (κ3) is 4.09. The average molecular weight is 152 g/mol. The molecule has 1 N–H and O–H groups in total. The molecule has 48 valence electrons. The molecular formula is C6H13KN2. The van der Waals surface area contributed by atoms with Gasteiger partial charge in [-0.05, 0) is 20.1 Å². The molecule has 1 heterocycles. The molecule has 0 aromatic carbocycles. The van der Waals surface area contributed by atoms with Crippen molar-refractivity contribution < 1.29 is 51.4 Å². The minimum Gasteiger partial charge on any atom is -0.675 e. The summed E-state index contributed by atoms with van der Waals surface area (Å²) in [5.74, 6) is 0. The van der Waals surface area contributed by atoms with E-state index < -0.39 is 0 Å². The number of hydrogen-bond donors (Lipinski definition) is 0. The van der Waals surface area contributed by atoms with Crippen molar-refractivity contribution in [2.45, 2.75) is 18.9 Å². The Labute approximate surface area is 99.6 Å². The average Bonchev–Trinajstić information content (AvgIpc) is 1.77. The topological polar surface area (TPSA) is 27.0 Å². The first kappa shape index (κ1) is 10.6. The molecule has 2 nitrogen and oxygen atoms in total. The second-order valence-corrected chi connectivity index (χ2v) is 2.58. The summed E-state index contributed by atoms with van der Waals surface area (Å²) in [6.07, 6.45) is 2.13. The molecule has 0 amide bonds. The number of nitrogens with zero attached hydrogens (tertiary/aromatic N) is 1. The quantitative estimate of drug-likeness (QED) is 0.374. The van der Waals surface area contributed by atoms with Crippen molar-refractivity contribution in [3.05, 3.63) is 5.73 Å². The molecule has 0 radical (unpaired) electrons. The summed E-state index contributed by atoms with van der Waals surface area (Å²) in [7, 11) is 2.12. The normalized spacial score (nSPS) is 23.3. The van der Waals surface area contributed by atoms with E-state index >= 15 is 0 Å². The summed E-state index contributed by atoms with van der Waals surface area (Å²) in [6, 6.07) is 0.228. The molecule has 9 heavy (non-hydrogen) atoms. The largest absolute Gasteiger partial charge is 1.00 e. The molecular weight excluding hydrogens is 139 g/mol. The predicted molar refractivity (Wildman–Crippen MR) is 34.8 cm³/mol. The van der Waals surface area contributed by atoms with E-state index in [1.54, 1.807) is 0 Å². The van der Waals surface area contributed by atoms with E-state index in [-0.39, 0.29) is 57.4 Å². The van der Waals surface area contributed by atoms with Gasteiger partial charge in [0.05, 0.1) is 0 Å². The van der Waals surface area contributed by atoms with Gasteiger partial charge in [0.25, 0.3) is 0 Å². The predicted octanol–water partition coefficient (Wildman–Crippen LogP) is -1.86. The van der Waals surface area contributed by atoms with Gasteiger partial charge >= 0.3 is 51.4 Å². The number of likely N-dealkylation sites (tertiary alicyclic amines) is 1. The summed E-state index contributed by atoms with van der Waals surface area (Å²) in [5, 5.41) is 0. The van der Waals surface area contributed by atoms with Gasteiger partial charge in [-0.3, -0.25) is 0 Å². The molecule has 0 atom stereocenters. The molecule has 0 aliphatic carbocycles. The van der Waals surface area contributed by atoms with Crippen LogP contribution in [-0.4, -0.2) is 31.1 Å². The zero-order valence-corrected chi connectivity index (χ0v) is 9.48. The second-order valence-electron chi connectivity index (χ2n) is 2.58. The van der Waals surface area contributed by atoms with Crippen molar-refractivity contribution in [3.8, 4) is 0 Å². The van der Waals surface area contributed by atoms with Crippen molar-refractivity contribution >= 4 is 0 Å². The van der Waals surface area contributed by atoms with E-state index in [4.69, 9.17) is 5.73 Å². The Kier molecular flexibility index (Phi) is 6.14. The Morgan fingerprint density at radius 1 is 1.33 bits per heavy atom. The van der Waals surface area contributed by atoms with Crippen LogP contribution < -0.4 is 51.4 Å². The molecule has 0 aromatic rings. The SMILES string of the molecule is CN1CCC([NH-])CC1.[K+]. The molecule has 0 saturated carbocycles. The Hall–Kier alpha value is 1.56. The molecule has 0 unspecified atom stereocenters. The first-order valence-corrected chi connectivity index (χ1v) is 3.18. The molecule has 0 bridgehead atoms. The van der Waals surface area contributed by atoms with Gasteiger partial charge < -0.3 is 10.6 Å². The van der Waals surface area contributed by atoms with Gasteiger partial charge in [-0.1, -0.05) is 12.8 Å². The standard InChI is InChI=1S/C6H13N2.K/c1-8-4-2-6(7)3-5-8;/h6-7H,2-5H2,1H3;/q-1;+1. The molecule has 1 saturated heterocycles. The van der Waals surface area contributed by atoms with Crippen molar-refractivity contribution in [1.82, 2.24) is 4.90 Å². The maximum absolute atomic E-state index is 7.34. The zero-order chi connectivity index (χ0) is 5.98. The first-order valence-electron chi connectivity index (χ1n) is 3.18. The van der Waals surface area contributed by atoms with Crippen LogP contribution >= 0.6 is 0 Å². The molecule has 3 heteroatoms. The molecule has 1 aliphatic heterocycles. The van der Waals surface area contributed by atoms with Crippen LogP contribution in [0.25, 0.3) is 5.73 Å². The summed E-state index contributed by atoms with van der Waals surface area (Å²) < 4.78 is 0. The Bertz CT molecular complexity index is 59.5. The van der Waals surface area contributed by atoms with E-state index in [2.05, 4.69) is 11.9 Å². The zero-order valence-electron chi connectivity index (χ0n) is 6.35. The Morgan fingerprint density at radius 2 is 1.78 bits per heavy atom. The van der Waals surface area contributed by atoms with Gasteiger partial charge in [0.15, 0.2) is 0 Å². The minimum atomic E-state index is 0. The molecule has 0 spiro atoms. The monoisotopic (exact) mass is 152 g/mol. The van der Waals surface area contributed by atoms with Gasteiger partial charge in [0.1, 0.15) is 0 Å². The Balaban J connectivity index is 0.000000640. The maximum atomic E-state index is 7.34. The maximum Gasteiger partial charge on any atom is 1.00 e. The summed E-state index contributed by atoms with van der Waals surface area (Å²) in [4.78, 5) is 2.28. The minimum absolute atomic E-state index is 0. The number of nitrogens with one attached hydrogen (secondary N) is 1. The van der Waals surface area contributed by atoms with Crippen molar-refractivity contribution in [2.24, 2.45) is 0 Å². The van der Waals surface area contributed by atoms with Crippen LogP contribution in [0.15, 0.2) is 0 Å². The second kappa shape index (κ2) is 5.24. The van der Waals surface area contributed by atoms with E-state index in [0.717, 1.165) is 25.9 Å². The van der Waals surface area contributed by atoms with E-state index in [1.165, 1.54) is 0 Å². The van der Waals surface area contributed by atoms with Gasteiger partial charge in [-0.15, -0.1) is 6.04 Å². The van der Waals surface area contributed by atoms with E-state index in [0.29, 0.717) is 0 Å². The van der Waals surface area contributed by atoms with E-state index in [9.17, 15) is 0 Å². The van der Waals surface area contributed by atoms with Crippen LogP contribution in [0.1, 0.15) is 12.8 Å². The summed E-state index contributed by atoms with van der Waals surface area (Å²) in [5.41, 5.74) is 7.34. The van der Waals surface area contributed by atoms with Crippen LogP contribution in [-0.2, 0) is 0 Å². The first-order chi connectivity index (χ1) is 3.79. The van der Waals surface area contributed by atoms with Crippen LogP contribution in [0, 0.1) is 0 Å². The number of rotatable bonds is 0. The van der Waals surface area contributed by atoms with Crippen LogP contribution in [0.5, 0.6) is 0 Å².